The zero-order chi connectivity index (χ0) is 44.7. The number of imide groups is 1. The smallest absolute Gasteiger partial charge is 0.329 e. The number of halogens is 4. The van der Waals surface area contributed by atoms with Crippen LogP contribution in [0, 0.1) is 11.3 Å². The number of imidazole rings is 1. The third-order valence-corrected chi connectivity index (χ3v) is 14.7. The number of hydrogen-bond donors (Lipinski definition) is 2. The SMILES string of the molecule is CN(C[C@H]1CC[C@H](n2cc(NC(=O)c3cnn4ccc(N5CCC6(CC5)CC6)nc34)c(C(F)F)n2)CC1)C1CCN(c2cccc3c2n(C)c(=O)n3C2CCC(=O)NC2=O)CC1(F)F. The van der Waals surface area contributed by atoms with Crippen LogP contribution in [0.1, 0.15) is 105 Å². The van der Waals surface area contributed by atoms with Crippen molar-refractivity contribution in [3.8, 4) is 0 Å². The molecule has 1 aromatic carbocycles. The molecule has 20 heteroatoms. The fraction of sp³-hybridized carbons (Fsp3) is 0.568. The van der Waals surface area contributed by atoms with Gasteiger partial charge in [-0.2, -0.15) is 10.2 Å². The van der Waals surface area contributed by atoms with Gasteiger partial charge in [-0.25, -0.2) is 31.9 Å². The first-order valence-corrected chi connectivity index (χ1v) is 22.3. The van der Waals surface area contributed by atoms with Gasteiger partial charge in [0.25, 0.3) is 18.3 Å². The number of nitrogens with zero attached hydrogens (tertiary/aromatic N) is 10. The number of aryl methyl sites for hydroxylation is 1. The quantitative estimate of drug-likeness (QED) is 0.132. The van der Waals surface area contributed by atoms with E-state index in [1.807, 2.05) is 6.07 Å². The summed E-state index contributed by atoms with van der Waals surface area (Å²) >= 11 is 0. The molecule has 5 aliphatic rings. The number of nitrogens with one attached hydrogen (secondary N) is 2. The standard InChI is InChI=1S/C44H52F4N12O4/c1-54(33-12-18-57(25-44(33,47)48)30-4-3-5-31-37(30)55(2)42(64)60(31)32-10-11-35(61)52-41(32)63)23-26-6-8-27(9-7-26)59-24-29(36(53-59)38(45)46)50-40(62)28-22-49-58-19-13-34(51-39(28)58)56-20-16-43(14-15-43)17-21-56/h3-5,13,19,22,24,26-27,32-33,38H,6-12,14-18,20-21,23,25H2,1-2H3,(H,50,62)(H,52,61,63)/t26-,27-,32?,33?. The first-order chi connectivity index (χ1) is 30.7. The van der Waals surface area contributed by atoms with E-state index in [-0.39, 0.29) is 42.5 Å². The Morgan fingerprint density at radius 1 is 0.984 bits per heavy atom. The molecule has 1 spiro atoms. The molecule has 16 nitrogen and oxygen atoms in total. The summed E-state index contributed by atoms with van der Waals surface area (Å²) in [4.78, 5) is 61.9. The highest BCUT2D eigenvalue weighted by atomic mass is 19.3. The maximum absolute atomic E-state index is 16.2. The maximum atomic E-state index is 16.2. The normalized spacial score (nSPS) is 24.6. The van der Waals surface area contributed by atoms with E-state index in [9.17, 15) is 28.0 Å². The van der Waals surface area contributed by atoms with Crippen LogP contribution >= 0.6 is 0 Å². The van der Waals surface area contributed by atoms with Gasteiger partial charge in [0.1, 0.15) is 17.4 Å². The third kappa shape index (κ3) is 7.59. The molecule has 2 atom stereocenters. The van der Waals surface area contributed by atoms with E-state index in [4.69, 9.17) is 4.98 Å². The molecule has 64 heavy (non-hydrogen) atoms. The number of hydrogen-bond acceptors (Lipinski definition) is 10. The molecule has 5 aromatic rings. The second kappa shape index (κ2) is 16.0. The summed E-state index contributed by atoms with van der Waals surface area (Å²) in [6.07, 6.45) is 9.44. The molecule has 0 radical (unpaired) electrons. The van der Waals surface area contributed by atoms with Gasteiger partial charge >= 0.3 is 5.69 Å². The molecule has 2 N–H and O–H groups in total. The van der Waals surface area contributed by atoms with E-state index in [1.165, 1.54) is 43.6 Å². The topological polar surface area (TPSA) is 160 Å². The predicted octanol–water partition coefficient (Wildman–Crippen LogP) is 5.70. The van der Waals surface area contributed by atoms with Crippen molar-refractivity contribution in [1.29, 1.82) is 0 Å². The van der Waals surface area contributed by atoms with Crippen LogP contribution in [0.25, 0.3) is 16.7 Å². The zero-order valence-electron chi connectivity index (χ0n) is 35.9. The molecule has 5 fully saturated rings. The molecular weight excluding hydrogens is 837 g/mol. The number of para-hydroxylation sites is 1. The van der Waals surface area contributed by atoms with Crippen LogP contribution in [-0.2, 0) is 16.6 Å². The lowest BCUT2D eigenvalue weighted by Gasteiger charge is -2.44. The molecular formula is C44H52F4N12O4. The Hall–Kier alpha value is -5.79. The van der Waals surface area contributed by atoms with E-state index in [0.717, 1.165) is 31.7 Å². The Kier molecular flexibility index (Phi) is 10.6. The average molecular weight is 889 g/mol. The Morgan fingerprint density at radius 3 is 2.45 bits per heavy atom. The molecule has 0 bridgehead atoms. The van der Waals surface area contributed by atoms with Gasteiger partial charge in [-0.1, -0.05) is 6.07 Å². The van der Waals surface area contributed by atoms with E-state index < -0.39 is 60.1 Å². The molecule has 340 valence electrons. The molecule has 2 unspecified atom stereocenters. The number of carbonyl (C=O) groups is 3. The van der Waals surface area contributed by atoms with Crippen LogP contribution < -0.4 is 26.1 Å². The van der Waals surface area contributed by atoms with Crippen molar-refractivity contribution < 1.29 is 31.9 Å². The summed E-state index contributed by atoms with van der Waals surface area (Å²) in [7, 11) is 3.28. The second-order valence-corrected chi connectivity index (χ2v) is 18.7. The van der Waals surface area contributed by atoms with Crippen molar-refractivity contribution in [3.05, 3.63) is 64.6 Å². The van der Waals surface area contributed by atoms with Gasteiger partial charge < -0.3 is 15.1 Å². The number of aromatic nitrogens is 7. The molecule has 3 saturated heterocycles. The summed E-state index contributed by atoms with van der Waals surface area (Å²) < 4.78 is 66.8. The number of piperidine rings is 3. The Bertz CT molecular complexity index is 2690. The molecule has 3 amide bonds. The van der Waals surface area contributed by atoms with Crippen molar-refractivity contribution in [3.63, 3.8) is 0 Å². The summed E-state index contributed by atoms with van der Waals surface area (Å²) in [5.74, 6) is -3.83. The number of rotatable bonds is 10. The highest BCUT2D eigenvalue weighted by Crippen LogP contribution is 2.54. The Labute approximate surface area is 365 Å². The van der Waals surface area contributed by atoms with E-state index in [0.29, 0.717) is 66.6 Å². The van der Waals surface area contributed by atoms with Crippen LogP contribution in [0.2, 0.25) is 0 Å². The van der Waals surface area contributed by atoms with Crippen LogP contribution in [0.15, 0.2) is 47.7 Å². The van der Waals surface area contributed by atoms with Crippen LogP contribution in [0.5, 0.6) is 0 Å². The number of alkyl halides is 4. The van der Waals surface area contributed by atoms with Gasteiger partial charge in [0, 0.05) is 52.0 Å². The highest BCUT2D eigenvalue weighted by Gasteiger charge is 2.48. The molecule has 10 rings (SSSR count). The fourth-order valence-electron chi connectivity index (χ4n) is 10.8. The molecule has 3 aliphatic heterocycles. The Morgan fingerprint density at radius 2 is 1.75 bits per heavy atom. The summed E-state index contributed by atoms with van der Waals surface area (Å²) in [6.45, 7) is 1.96. The number of anilines is 3. The summed E-state index contributed by atoms with van der Waals surface area (Å²) in [5, 5.41) is 13.5. The molecule has 4 aromatic heterocycles. The monoisotopic (exact) mass is 888 g/mol. The first-order valence-electron chi connectivity index (χ1n) is 22.3. The van der Waals surface area contributed by atoms with Crippen molar-refractivity contribution in [1.82, 2.24) is 43.7 Å². The minimum atomic E-state index is -3.10. The molecule has 2 aliphatic carbocycles. The summed E-state index contributed by atoms with van der Waals surface area (Å²) in [6, 6.07) is 4.83. The Balaban J connectivity index is 0.766. The van der Waals surface area contributed by atoms with Gasteiger partial charge in [-0.3, -0.25) is 38.4 Å². The van der Waals surface area contributed by atoms with Crippen molar-refractivity contribution in [2.75, 3.05) is 54.9 Å². The first kappa shape index (κ1) is 42.2. The highest BCUT2D eigenvalue weighted by molar-refractivity contribution is 6.08. The van der Waals surface area contributed by atoms with Gasteiger partial charge in [-0.05, 0) is 101 Å². The minimum Gasteiger partial charge on any atom is -0.364 e. The van der Waals surface area contributed by atoms with Gasteiger partial charge in [0.05, 0.1) is 47.2 Å². The third-order valence-electron chi connectivity index (χ3n) is 14.7. The lowest BCUT2D eigenvalue weighted by molar-refractivity contribution is -0.135. The van der Waals surface area contributed by atoms with Gasteiger partial charge in [0.2, 0.25) is 11.8 Å². The summed E-state index contributed by atoms with van der Waals surface area (Å²) in [5.41, 5.74) is 1.28. The van der Waals surface area contributed by atoms with Crippen molar-refractivity contribution in [2.45, 2.75) is 101 Å². The van der Waals surface area contributed by atoms with E-state index in [1.54, 1.807) is 48.3 Å². The maximum Gasteiger partial charge on any atom is 0.329 e. The number of benzene rings is 1. The van der Waals surface area contributed by atoms with Crippen molar-refractivity contribution >= 4 is 51.6 Å². The van der Waals surface area contributed by atoms with E-state index >= 15 is 8.78 Å². The second-order valence-electron chi connectivity index (χ2n) is 18.7. The number of carbonyl (C=O) groups excluding carboxylic acids is 3. The zero-order valence-corrected chi connectivity index (χ0v) is 35.9. The van der Waals surface area contributed by atoms with Crippen LogP contribution in [0.3, 0.4) is 0 Å². The van der Waals surface area contributed by atoms with Crippen LogP contribution in [0.4, 0.5) is 34.8 Å². The minimum absolute atomic E-state index is 0.0814. The molecule has 7 heterocycles. The lowest BCUT2D eigenvalue weighted by Crippen LogP contribution is -2.58. The van der Waals surface area contributed by atoms with Crippen molar-refractivity contribution in [2.24, 2.45) is 18.4 Å². The lowest BCUT2D eigenvalue weighted by atomic mass is 9.85. The van der Waals surface area contributed by atoms with Gasteiger partial charge in [0.15, 0.2) is 11.3 Å². The van der Waals surface area contributed by atoms with E-state index in [2.05, 4.69) is 25.7 Å². The fourth-order valence-corrected chi connectivity index (χ4v) is 10.8. The largest absolute Gasteiger partial charge is 0.364 e. The van der Waals surface area contributed by atoms with Crippen LogP contribution in [-0.4, -0.2) is 108 Å². The van der Waals surface area contributed by atoms with Gasteiger partial charge in [-0.15, -0.1) is 0 Å². The number of amides is 3. The number of fused-ring (bicyclic) bond motifs is 2. The molecule has 2 saturated carbocycles. The predicted molar refractivity (Wildman–Crippen MR) is 229 cm³/mol. The average Bonchev–Trinajstić information content (AvgIpc) is 3.56.